The molecule has 4 rings (SSSR count). The zero-order valence-corrected chi connectivity index (χ0v) is 17.6. The van der Waals surface area contributed by atoms with E-state index in [1.807, 2.05) is 11.0 Å². The van der Waals surface area contributed by atoms with Gasteiger partial charge in [-0.1, -0.05) is 30.3 Å². The average Bonchev–Trinajstić information content (AvgIpc) is 2.84. The van der Waals surface area contributed by atoms with Crippen LogP contribution < -0.4 is 14.4 Å². The molecule has 0 unspecified atom stereocenters. The number of anilines is 1. The Kier molecular flexibility index (Phi) is 6.25. The summed E-state index contributed by atoms with van der Waals surface area (Å²) in [5, 5.41) is 12.0. The molecule has 0 N–H and O–H groups in total. The molecule has 9 heteroatoms. The lowest BCUT2D eigenvalue weighted by Crippen LogP contribution is -2.31. The van der Waals surface area contributed by atoms with Crippen LogP contribution >= 0.6 is 0 Å². The molecule has 0 amide bonds. The number of aromatic nitrogens is 2. The summed E-state index contributed by atoms with van der Waals surface area (Å²) in [6.45, 7) is 1.35. The topological polar surface area (TPSA) is 108 Å². The SMILES string of the molecule is COc1ccc(C(=O)c2ccccc2)c(Oc2ncnc(N3CCCCC3)c2[N+](=O)[O-])c1. The Hall–Kier alpha value is -4.01. The summed E-state index contributed by atoms with van der Waals surface area (Å²) in [6, 6.07) is 13.4. The van der Waals surface area contributed by atoms with Crippen LogP contribution in [0.4, 0.5) is 11.5 Å². The molecule has 3 aromatic rings. The fourth-order valence-corrected chi connectivity index (χ4v) is 3.68. The molecule has 1 saturated heterocycles. The second kappa shape index (κ2) is 9.42. The maximum Gasteiger partial charge on any atom is 0.373 e. The number of hydrogen-bond donors (Lipinski definition) is 0. The number of carbonyl (C=O) groups excluding carboxylic acids is 1. The molecule has 0 radical (unpaired) electrons. The zero-order valence-electron chi connectivity index (χ0n) is 17.6. The normalized spacial score (nSPS) is 13.5. The first-order valence-corrected chi connectivity index (χ1v) is 10.3. The fraction of sp³-hybridized carbons (Fsp3) is 0.261. The van der Waals surface area contributed by atoms with E-state index in [0.29, 0.717) is 24.4 Å². The van der Waals surface area contributed by atoms with Crippen molar-refractivity contribution in [1.29, 1.82) is 0 Å². The predicted octanol–water partition coefficient (Wildman–Crippen LogP) is 4.41. The van der Waals surface area contributed by atoms with Gasteiger partial charge in [0, 0.05) is 24.7 Å². The van der Waals surface area contributed by atoms with Gasteiger partial charge in [-0.15, -0.1) is 0 Å². The molecule has 0 spiro atoms. The van der Waals surface area contributed by atoms with Crippen LogP contribution in [0.5, 0.6) is 17.4 Å². The van der Waals surface area contributed by atoms with Crippen LogP contribution in [0, 0.1) is 10.1 Å². The Labute approximate surface area is 184 Å². The Morgan fingerprint density at radius 1 is 1.06 bits per heavy atom. The molecule has 0 saturated carbocycles. The van der Waals surface area contributed by atoms with Gasteiger partial charge >= 0.3 is 11.6 Å². The van der Waals surface area contributed by atoms with E-state index < -0.39 is 4.92 Å². The van der Waals surface area contributed by atoms with E-state index in [2.05, 4.69) is 9.97 Å². The number of ether oxygens (including phenoxy) is 2. The van der Waals surface area contributed by atoms with Crippen LogP contribution in [0.25, 0.3) is 0 Å². The number of piperidine rings is 1. The van der Waals surface area contributed by atoms with Crippen LogP contribution in [-0.4, -0.2) is 40.9 Å². The molecule has 2 aromatic carbocycles. The van der Waals surface area contributed by atoms with Crippen molar-refractivity contribution in [3.05, 3.63) is 76.1 Å². The fourth-order valence-electron chi connectivity index (χ4n) is 3.68. The van der Waals surface area contributed by atoms with Crippen molar-refractivity contribution in [2.24, 2.45) is 0 Å². The van der Waals surface area contributed by atoms with Gasteiger partial charge in [0.05, 0.1) is 17.6 Å². The minimum absolute atomic E-state index is 0.115. The molecule has 1 fully saturated rings. The average molecular weight is 434 g/mol. The van der Waals surface area contributed by atoms with Crippen molar-refractivity contribution < 1.29 is 19.2 Å². The number of benzene rings is 2. The van der Waals surface area contributed by atoms with E-state index in [0.717, 1.165) is 19.3 Å². The largest absolute Gasteiger partial charge is 0.497 e. The Morgan fingerprint density at radius 2 is 1.81 bits per heavy atom. The maximum absolute atomic E-state index is 13.1. The number of nitrogens with zero attached hydrogens (tertiary/aromatic N) is 4. The van der Waals surface area contributed by atoms with Crippen molar-refractivity contribution in [3.63, 3.8) is 0 Å². The lowest BCUT2D eigenvalue weighted by Gasteiger charge is -2.27. The van der Waals surface area contributed by atoms with E-state index >= 15 is 0 Å². The van der Waals surface area contributed by atoms with Crippen molar-refractivity contribution >= 4 is 17.3 Å². The van der Waals surface area contributed by atoms with Crippen LogP contribution in [-0.2, 0) is 0 Å². The van der Waals surface area contributed by atoms with E-state index in [1.54, 1.807) is 36.4 Å². The van der Waals surface area contributed by atoms with Crippen molar-refractivity contribution in [3.8, 4) is 17.4 Å². The Morgan fingerprint density at radius 3 is 2.50 bits per heavy atom. The highest BCUT2D eigenvalue weighted by Crippen LogP contribution is 2.39. The van der Waals surface area contributed by atoms with Crippen molar-refractivity contribution in [2.75, 3.05) is 25.1 Å². The van der Waals surface area contributed by atoms with Gasteiger partial charge in [0.25, 0.3) is 0 Å². The summed E-state index contributed by atoms with van der Waals surface area (Å²) < 4.78 is 11.2. The summed E-state index contributed by atoms with van der Waals surface area (Å²) in [4.78, 5) is 34.6. The van der Waals surface area contributed by atoms with E-state index in [-0.39, 0.29) is 34.5 Å². The minimum Gasteiger partial charge on any atom is -0.497 e. The molecular formula is C23H22N4O5. The Balaban J connectivity index is 1.77. The molecular weight excluding hydrogens is 412 g/mol. The van der Waals surface area contributed by atoms with Crippen LogP contribution in [0.3, 0.4) is 0 Å². The molecule has 0 aliphatic carbocycles. The minimum atomic E-state index is -0.544. The monoisotopic (exact) mass is 434 g/mol. The van der Waals surface area contributed by atoms with Gasteiger partial charge in [-0.2, -0.15) is 4.98 Å². The molecule has 2 heterocycles. The molecule has 9 nitrogen and oxygen atoms in total. The van der Waals surface area contributed by atoms with Gasteiger partial charge < -0.3 is 14.4 Å². The number of carbonyl (C=O) groups is 1. The molecule has 164 valence electrons. The number of hydrogen-bond acceptors (Lipinski definition) is 8. The van der Waals surface area contributed by atoms with Gasteiger partial charge in [0.2, 0.25) is 5.82 Å². The van der Waals surface area contributed by atoms with Crippen LogP contribution in [0.15, 0.2) is 54.9 Å². The smallest absolute Gasteiger partial charge is 0.373 e. The van der Waals surface area contributed by atoms with Crippen molar-refractivity contribution in [1.82, 2.24) is 9.97 Å². The second-order valence-electron chi connectivity index (χ2n) is 7.32. The third kappa shape index (κ3) is 4.36. The highest BCUT2D eigenvalue weighted by molar-refractivity contribution is 6.10. The summed E-state index contributed by atoms with van der Waals surface area (Å²) in [5.74, 6) is 0.276. The third-order valence-corrected chi connectivity index (χ3v) is 5.28. The van der Waals surface area contributed by atoms with Gasteiger partial charge in [-0.3, -0.25) is 14.9 Å². The first kappa shape index (κ1) is 21.2. The van der Waals surface area contributed by atoms with E-state index in [9.17, 15) is 14.9 Å². The second-order valence-corrected chi connectivity index (χ2v) is 7.32. The van der Waals surface area contributed by atoms with Crippen molar-refractivity contribution in [2.45, 2.75) is 19.3 Å². The number of nitro groups is 1. The first-order chi connectivity index (χ1) is 15.6. The summed E-state index contributed by atoms with van der Waals surface area (Å²) in [7, 11) is 1.49. The van der Waals surface area contributed by atoms with Gasteiger partial charge in [0.1, 0.15) is 17.8 Å². The summed E-state index contributed by atoms with van der Waals surface area (Å²) >= 11 is 0. The number of rotatable bonds is 7. The van der Waals surface area contributed by atoms with E-state index in [4.69, 9.17) is 9.47 Å². The molecule has 1 aliphatic rings. The maximum atomic E-state index is 13.1. The van der Waals surface area contributed by atoms with Crippen LogP contribution in [0.1, 0.15) is 35.2 Å². The van der Waals surface area contributed by atoms with Gasteiger partial charge in [-0.05, 0) is 31.4 Å². The molecule has 1 aromatic heterocycles. The standard InChI is InChI=1S/C23H22N4O5/c1-31-17-10-11-18(21(28)16-8-4-2-5-9-16)19(14-17)32-23-20(27(29)30)22(24-15-25-23)26-12-6-3-7-13-26/h2,4-5,8-11,14-15H,3,6-7,12-13H2,1H3. The quantitative estimate of drug-likeness (QED) is 0.306. The summed E-state index contributed by atoms with van der Waals surface area (Å²) in [6.07, 6.45) is 4.19. The third-order valence-electron chi connectivity index (χ3n) is 5.28. The van der Waals surface area contributed by atoms with Gasteiger partial charge in [-0.25, -0.2) is 4.98 Å². The van der Waals surface area contributed by atoms with E-state index in [1.165, 1.54) is 19.5 Å². The van der Waals surface area contributed by atoms with Gasteiger partial charge in [0.15, 0.2) is 5.78 Å². The first-order valence-electron chi connectivity index (χ1n) is 10.3. The molecule has 32 heavy (non-hydrogen) atoms. The summed E-state index contributed by atoms with van der Waals surface area (Å²) in [5.41, 5.74) is 0.383. The molecule has 1 aliphatic heterocycles. The predicted molar refractivity (Wildman–Crippen MR) is 118 cm³/mol. The lowest BCUT2D eigenvalue weighted by atomic mass is 10.0. The molecule has 0 atom stereocenters. The number of ketones is 1. The highest BCUT2D eigenvalue weighted by atomic mass is 16.6. The lowest BCUT2D eigenvalue weighted by molar-refractivity contribution is -0.385. The van der Waals surface area contributed by atoms with Crippen LogP contribution in [0.2, 0.25) is 0 Å². The Bertz CT molecular complexity index is 1130. The highest BCUT2D eigenvalue weighted by Gasteiger charge is 2.30. The number of methoxy groups -OCH3 is 1. The zero-order chi connectivity index (χ0) is 22.5. The molecule has 0 bridgehead atoms.